The van der Waals surface area contributed by atoms with Crippen LogP contribution in [0.3, 0.4) is 0 Å². The molecule has 3 aliphatic rings. The Morgan fingerprint density at radius 3 is 2.27 bits per heavy atom. The Bertz CT molecular complexity index is 2240. The summed E-state index contributed by atoms with van der Waals surface area (Å²) in [6.45, 7) is 13.6. The van der Waals surface area contributed by atoms with Crippen LogP contribution in [0.4, 0.5) is 15.3 Å². The van der Waals surface area contributed by atoms with Gasteiger partial charge in [-0.1, -0.05) is 79.1 Å². The van der Waals surface area contributed by atoms with Crippen molar-refractivity contribution in [1.29, 1.82) is 0 Å². The van der Waals surface area contributed by atoms with Crippen LogP contribution in [0.2, 0.25) is 0 Å². The van der Waals surface area contributed by atoms with Crippen LogP contribution in [0, 0.1) is 11.8 Å². The van der Waals surface area contributed by atoms with Crippen molar-refractivity contribution in [3.63, 3.8) is 0 Å². The molecule has 0 unspecified atom stereocenters. The SMILES string of the molecule is CC(=O)O[C@@H](C)/C=C\C(=O)N[C@@H]1C[C@H](C)[C@H](C/C=C(C)/C=C/[C@H]2O[C@H](CNC(=O)OCc3ccc(NC(=O)[C@H](CCCNC(N)=O)NC(=O)[C@@H](NC(=O)CCCCCNC(=O)CBr)C(C)C)cc3)C[C@@]3(CO3)[C@@H]2O)O[C@@H]1C. The average molecular weight is 1150 g/mol. The van der Waals surface area contributed by atoms with Gasteiger partial charge in [-0.3, -0.25) is 28.8 Å². The molecular formula is C54H81BrN8O14. The van der Waals surface area contributed by atoms with E-state index in [1.54, 1.807) is 51.1 Å². The number of primary amides is 1. The van der Waals surface area contributed by atoms with Gasteiger partial charge in [0.15, 0.2) is 0 Å². The largest absolute Gasteiger partial charge is 0.459 e. The molecule has 10 N–H and O–H groups in total. The number of anilines is 1. The van der Waals surface area contributed by atoms with E-state index >= 15 is 0 Å². The monoisotopic (exact) mass is 1140 g/mol. The summed E-state index contributed by atoms with van der Waals surface area (Å²) in [5, 5.41) is 30.7. The van der Waals surface area contributed by atoms with E-state index in [1.165, 1.54) is 19.1 Å². The van der Waals surface area contributed by atoms with Gasteiger partial charge in [-0.15, -0.1) is 0 Å². The molecule has 23 heteroatoms. The predicted molar refractivity (Wildman–Crippen MR) is 290 cm³/mol. The number of rotatable bonds is 29. The number of hydrogen-bond donors (Lipinski definition) is 9. The van der Waals surface area contributed by atoms with Gasteiger partial charge >= 0.3 is 18.1 Å². The number of aliphatic hydroxyl groups excluding tert-OH is 1. The molecule has 1 aromatic rings. The van der Waals surface area contributed by atoms with Crippen molar-refractivity contribution in [3.05, 3.63) is 65.8 Å². The van der Waals surface area contributed by atoms with Gasteiger partial charge in [0.05, 0.1) is 36.3 Å². The number of esters is 1. The number of amides is 8. The zero-order valence-corrected chi connectivity index (χ0v) is 46.9. The molecular weight excluding hydrogens is 1060 g/mol. The zero-order valence-electron chi connectivity index (χ0n) is 45.4. The first kappa shape index (κ1) is 63.7. The highest BCUT2D eigenvalue weighted by Gasteiger charge is 2.58. The normalized spacial score (nSPS) is 24.3. The van der Waals surface area contributed by atoms with Gasteiger partial charge in [0.2, 0.25) is 29.5 Å². The van der Waals surface area contributed by atoms with Gasteiger partial charge in [-0.2, -0.15) is 0 Å². The zero-order chi connectivity index (χ0) is 56.7. The Morgan fingerprint density at radius 2 is 1.61 bits per heavy atom. The van der Waals surface area contributed by atoms with Crippen LogP contribution in [-0.4, -0.2) is 145 Å². The van der Waals surface area contributed by atoms with E-state index in [9.17, 15) is 43.5 Å². The molecule has 4 rings (SSSR count). The number of ether oxygens (including phenoxy) is 5. The fraction of sp³-hybridized carbons (Fsp3) is 0.630. The summed E-state index contributed by atoms with van der Waals surface area (Å²) in [7, 11) is 0. The van der Waals surface area contributed by atoms with Crippen LogP contribution in [0.1, 0.15) is 112 Å². The van der Waals surface area contributed by atoms with Gasteiger partial charge < -0.3 is 71.7 Å². The molecule has 1 aromatic carbocycles. The average Bonchev–Trinajstić information content (AvgIpc) is 4.16. The van der Waals surface area contributed by atoms with Crippen molar-refractivity contribution >= 4 is 69.2 Å². The van der Waals surface area contributed by atoms with E-state index in [4.69, 9.17) is 29.4 Å². The number of urea groups is 1. The number of hydrogen-bond acceptors (Lipinski definition) is 14. The number of nitrogens with two attached hydrogens (primary N) is 1. The van der Waals surface area contributed by atoms with Crippen LogP contribution < -0.4 is 43.0 Å². The molecule has 3 aliphatic heterocycles. The molecule has 0 saturated carbocycles. The summed E-state index contributed by atoms with van der Waals surface area (Å²) in [5.41, 5.74) is 6.39. The highest BCUT2D eigenvalue weighted by molar-refractivity contribution is 9.09. The number of epoxide rings is 1. The molecule has 77 heavy (non-hydrogen) atoms. The lowest BCUT2D eigenvalue weighted by Gasteiger charge is -2.39. The van der Waals surface area contributed by atoms with Crippen molar-refractivity contribution in [3.8, 4) is 0 Å². The van der Waals surface area contributed by atoms with Crippen molar-refractivity contribution in [2.24, 2.45) is 17.6 Å². The number of aliphatic hydroxyl groups is 1. The quantitative estimate of drug-likeness (QED) is 0.0137. The first-order valence-corrected chi connectivity index (χ1v) is 27.6. The molecule has 1 spiro atoms. The van der Waals surface area contributed by atoms with Crippen molar-refractivity contribution in [2.45, 2.75) is 173 Å². The number of carbonyl (C=O) groups is 8. The predicted octanol–water partition coefficient (Wildman–Crippen LogP) is 3.98. The second-order valence-corrected chi connectivity index (χ2v) is 20.9. The number of alkyl carbamates (subject to hydrolysis) is 1. The van der Waals surface area contributed by atoms with E-state index < -0.39 is 72.0 Å². The second kappa shape index (κ2) is 32.1. The Morgan fingerprint density at radius 1 is 0.896 bits per heavy atom. The fourth-order valence-electron chi connectivity index (χ4n) is 8.89. The summed E-state index contributed by atoms with van der Waals surface area (Å²) in [6, 6.07) is 3.71. The summed E-state index contributed by atoms with van der Waals surface area (Å²) in [4.78, 5) is 99.2. The molecule has 0 aliphatic carbocycles. The molecule has 3 fully saturated rings. The number of unbranched alkanes of at least 4 members (excludes halogenated alkanes) is 2. The Labute approximate surface area is 460 Å². The number of alkyl halides is 1. The van der Waals surface area contributed by atoms with E-state index in [-0.39, 0.29) is 85.7 Å². The smallest absolute Gasteiger partial charge is 0.407 e. The lowest BCUT2D eigenvalue weighted by molar-refractivity contribution is -0.143. The molecule has 3 saturated heterocycles. The van der Waals surface area contributed by atoms with Crippen LogP contribution in [0.25, 0.3) is 0 Å². The van der Waals surface area contributed by atoms with Gasteiger partial charge in [0.1, 0.15) is 42.6 Å². The third-order valence-electron chi connectivity index (χ3n) is 13.4. The number of nitrogens with one attached hydrogen (secondary N) is 7. The molecule has 0 radical (unpaired) electrons. The maximum absolute atomic E-state index is 13.6. The third-order valence-corrected chi connectivity index (χ3v) is 13.9. The lowest BCUT2D eigenvalue weighted by atomic mass is 9.87. The minimum Gasteiger partial charge on any atom is -0.459 e. The molecule has 0 aromatic heterocycles. The standard InChI is InChI=1S/C54H81BrN8O14/c1-32(2)48(63-45(65)13-9-8-10-24-57-47(67)28-55)51(70)62-41(12-11-25-58-52(56)71)50(69)60-39-19-17-38(18-20-39)30-73-53(72)59-29-40-27-54(31-74-54)49(68)44(77-40)22-15-33(3)14-21-43-34(4)26-42(36(6)76-43)61-46(66)23-16-35(5)75-37(7)64/h14-20,22-23,32,34-36,40-44,48-49,68H,8-13,21,24-31H2,1-7H3,(H,57,67)(H,59,72)(H,60,69)(H,61,66)(H,62,70)(H,63,65)(H3,56,58,71)/b22-15+,23-16-,33-14+/t34-,35-,36+,40-,41-,42+,43-,44+,48-,49+,54+/m0/s1. The van der Waals surface area contributed by atoms with E-state index in [1.807, 2.05) is 19.9 Å². The Kier molecular flexibility index (Phi) is 26.6. The van der Waals surface area contributed by atoms with Crippen LogP contribution in [-0.2, 0) is 59.1 Å². The number of carbonyl (C=O) groups excluding carboxylic acids is 8. The minimum absolute atomic E-state index is 0.0756. The maximum atomic E-state index is 13.6. The first-order valence-electron chi connectivity index (χ1n) is 26.5. The van der Waals surface area contributed by atoms with Gasteiger partial charge in [-0.05, 0) is 94.9 Å². The Hall–Kier alpha value is -5.88. The van der Waals surface area contributed by atoms with E-state index in [2.05, 4.69) is 66.1 Å². The molecule has 22 nitrogen and oxygen atoms in total. The number of allylic oxidation sites excluding steroid dienone is 2. The van der Waals surface area contributed by atoms with Gasteiger partial charge in [0, 0.05) is 51.2 Å². The number of halogens is 1. The van der Waals surface area contributed by atoms with Crippen molar-refractivity contribution in [1.82, 2.24) is 31.9 Å². The molecule has 3 heterocycles. The fourth-order valence-corrected chi connectivity index (χ4v) is 9.09. The lowest BCUT2D eigenvalue weighted by Crippen LogP contribution is -2.54. The third kappa shape index (κ3) is 22.9. The highest BCUT2D eigenvalue weighted by Crippen LogP contribution is 2.42. The summed E-state index contributed by atoms with van der Waals surface area (Å²) < 4.78 is 28.8. The van der Waals surface area contributed by atoms with Crippen LogP contribution in [0.15, 0.2) is 60.2 Å². The van der Waals surface area contributed by atoms with Crippen molar-refractivity contribution in [2.75, 3.05) is 36.9 Å². The maximum Gasteiger partial charge on any atom is 0.407 e. The van der Waals surface area contributed by atoms with E-state index in [0.29, 0.717) is 62.9 Å². The highest BCUT2D eigenvalue weighted by atomic mass is 79.9. The van der Waals surface area contributed by atoms with Crippen LogP contribution in [0.5, 0.6) is 0 Å². The topological polar surface area (TPSA) is 316 Å². The van der Waals surface area contributed by atoms with Gasteiger partial charge in [-0.25, -0.2) is 9.59 Å². The number of benzene rings is 1. The summed E-state index contributed by atoms with van der Waals surface area (Å²) in [5.74, 6) is -2.37. The molecule has 11 atom stereocenters. The minimum atomic E-state index is -1.04. The Balaban J connectivity index is 1.23. The summed E-state index contributed by atoms with van der Waals surface area (Å²) in [6.07, 6.45) is 9.36. The van der Waals surface area contributed by atoms with Crippen molar-refractivity contribution < 1.29 is 67.1 Å². The molecule has 8 amide bonds. The second-order valence-electron chi connectivity index (χ2n) is 20.4. The molecule has 428 valence electrons. The van der Waals surface area contributed by atoms with E-state index in [0.717, 1.165) is 12.0 Å². The van der Waals surface area contributed by atoms with Gasteiger partial charge in [0.25, 0.3) is 0 Å². The summed E-state index contributed by atoms with van der Waals surface area (Å²) >= 11 is 3.10. The first-order chi connectivity index (χ1) is 36.6. The van der Waals surface area contributed by atoms with Crippen LogP contribution >= 0.6 is 15.9 Å². The molecule has 0 bridgehead atoms.